The maximum absolute atomic E-state index is 14.0. The van der Waals surface area contributed by atoms with Gasteiger partial charge in [-0.1, -0.05) is 19.8 Å². The van der Waals surface area contributed by atoms with E-state index in [-0.39, 0.29) is 18.5 Å². The van der Waals surface area contributed by atoms with Gasteiger partial charge in [0, 0.05) is 17.7 Å². The molecule has 5 heteroatoms. The van der Waals surface area contributed by atoms with Crippen LogP contribution in [0.3, 0.4) is 0 Å². The molecule has 1 aromatic carbocycles. The standard InChI is InChI=1S/C16H20F2N2O/c1-10-4-2-3-5-14(10)20-15(21)9-19-16(20)12-7-6-11(17)8-13(12)18/h6-8,10,14,16,19H,2-5,9H2,1H3. The molecule has 1 aromatic rings. The second kappa shape index (κ2) is 5.72. The van der Waals surface area contributed by atoms with Crippen molar-refractivity contribution in [3.63, 3.8) is 0 Å². The van der Waals surface area contributed by atoms with E-state index in [9.17, 15) is 13.6 Å². The van der Waals surface area contributed by atoms with E-state index in [4.69, 9.17) is 0 Å². The van der Waals surface area contributed by atoms with Crippen molar-refractivity contribution >= 4 is 5.91 Å². The van der Waals surface area contributed by atoms with Gasteiger partial charge in [0.1, 0.15) is 17.8 Å². The zero-order valence-corrected chi connectivity index (χ0v) is 12.1. The van der Waals surface area contributed by atoms with E-state index in [0.29, 0.717) is 11.5 Å². The second-order valence-corrected chi connectivity index (χ2v) is 6.08. The molecule has 1 aliphatic heterocycles. The van der Waals surface area contributed by atoms with Gasteiger partial charge in [-0.05, 0) is 30.9 Å². The second-order valence-electron chi connectivity index (χ2n) is 6.08. The SMILES string of the molecule is CC1CCCCC1N1C(=O)CNC1c1ccc(F)cc1F. The van der Waals surface area contributed by atoms with Gasteiger partial charge in [0.25, 0.3) is 0 Å². The third-order valence-corrected chi connectivity index (χ3v) is 4.69. The molecule has 0 radical (unpaired) electrons. The summed E-state index contributed by atoms with van der Waals surface area (Å²) in [5.74, 6) is -0.787. The van der Waals surface area contributed by atoms with Gasteiger partial charge in [-0.15, -0.1) is 0 Å². The summed E-state index contributed by atoms with van der Waals surface area (Å²) in [6.45, 7) is 2.36. The van der Waals surface area contributed by atoms with Crippen LogP contribution in [-0.2, 0) is 4.79 Å². The van der Waals surface area contributed by atoms with Crippen LogP contribution < -0.4 is 5.32 Å². The van der Waals surface area contributed by atoms with Crippen molar-refractivity contribution in [3.05, 3.63) is 35.4 Å². The minimum Gasteiger partial charge on any atom is -0.318 e. The molecular formula is C16H20F2N2O. The number of carbonyl (C=O) groups is 1. The highest BCUT2D eigenvalue weighted by Crippen LogP contribution is 2.35. The average Bonchev–Trinajstić information content (AvgIpc) is 2.81. The van der Waals surface area contributed by atoms with E-state index in [2.05, 4.69) is 12.2 Å². The monoisotopic (exact) mass is 294 g/mol. The lowest BCUT2D eigenvalue weighted by Crippen LogP contribution is -2.44. The van der Waals surface area contributed by atoms with Crippen LogP contribution in [0, 0.1) is 17.6 Å². The van der Waals surface area contributed by atoms with Gasteiger partial charge in [0.05, 0.1) is 6.54 Å². The first-order chi connectivity index (χ1) is 10.1. The predicted molar refractivity (Wildman–Crippen MR) is 75.4 cm³/mol. The van der Waals surface area contributed by atoms with Crippen LogP contribution in [0.4, 0.5) is 8.78 Å². The summed E-state index contributed by atoms with van der Waals surface area (Å²) in [5.41, 5.74) is 0.347. The summed E-state index contributed by atoms with van der Waals surface area (Å²) in [6, 6.07) is 3.69. The number of benzene rings is 1. The van der Waals surface area contributed by atoms with Crippen LogP contribution in [0.1, 0.15) is 44.3 Å². The first-order valence-electron chi connectivity index (χ1n) is 7.57. The molecule has 21 heavy (non-hydrogen) atoms. The number of nitrogens with zero attached hydrogens (tertiary/aromatic N) is 1. The molecule has 1 N–H and O–H groups in total. The molecule has 3 atom stereocenters. The molecule has 0 aromatic heterocycles. The lowest BCUT2D eigenvalue weighted by Gasteiger charge is -2.39. The Hall–Kier alpha value is -1.49. The van der Waals surface area contributed by atoms with Crippen LogP contribution in [0.5, 0.6) is 0 Å². The molecule has 3 unspecified atom stereocenters. The van der Waals surface area contributed by atoms with E-state index < -0.39 is 17.8 Å². The molecule has 1 saturated carbocycles. The maximum atomic E-state index is 14.0. The van der Waals surface area contributed by atoms with Crippen molar-refractivity contribution in [1.82, 2.24) is 10.2 Å². The van der Waals surface area contributed by atoms with Gasteiger partial charge in [0.2, 0.25) is 5.91 Å². The summed E-state index contributed by atoms with van der Waals surface area (Å²) >= 11 is 0. The van der Waals surface area contributed by atoms with Crippen molar-refractivity contribution in [2.75, 3.05) is 6.54 Å². The summed E-state index contributed by atoms with van der Waals surface area (Å²) in [5, 5.41) is 3.06. The Labute approximate surface area is 123 Å². The Kier molecular flexibility index (Phi) is 3.93. The first kappa shape index (κ1) is 14.4. The van der Waals surface area contributed by atoms with Gasteiger partial charge < -0.3 is 4.90 Å². The largest absolute Gasteiger partial charge is 0.318 e. The van der Waals surface area contributed by atoms with Gasteiger partial charge in [-0.2, -0.15) is 0 Å². The third kappa shape index (κ3) is 2.67. The van der Waals surface area contributed by atoms with Crippen molar-refractivity contribution in [3.8, 4) is 0 Å². The number of hydrogen-bond acceptors (Lipinski definition) is 2. The Morgan fingerprint density at radius 1 is 1.24 bits per heavy atom. The highest BCUT2D eigenvalue weighted by atomic mass is 19.1. The maximum Gasteiger partial charge on any atom is 0.238 e. The molecule has 1 heterocycles. The number of carbonyl (C=O) groups excluding carboxylic acids is 1. The van der Waals surface area contributed by atoms with Crippen LogP contribution >= 0.6 is 0 Å². The molecule has 1 amide bonds. The molecule has 2 aliphatic rings. The lowest BCUT2D eigenvalue weighted by molar-refractivity contribution is -0.132. The van der Waals surface area contributed by atoms with E-state index >= 15 is 0 Å². The minimum absolute atomic E-state index is 0.00229. The van der Waals surface area contributed by atoms with Gasteiger partial charge in [0.15, 0.2) is 0 Å². The fourth-order valence-electron chi connectivity index (χ4n) is 3.59. The van der Waals surface area contributed by atoms with Gasteiger partial charge >= 0.3 is 0 Å². The molecule has 2 fully saturated rings. The number of halogens is 2. The molecule has 1 aliphatic carbocycles. The van der Waals surface area contributed by atoms with Crippen molar-refractivity contribution in [2.45, 2.75) is 44.8 Å². The first-order valence-corrected chi connectivity index (χ1v) is 7.57. The molecular weight excluding hydrogens is 274 g/mol. The summed E-state index contributed by atoms with van der Waals surface area (Å²) in [7, 11) is 0. The lowest BCUT2D eigenvalue weighted by atomic mass is 9.84. The Morgan fingerprint density at radius 3 is 2.71 bits per heavy atom. The molecule has 3 rings (SSSR count). The Balaban J connectivity index is 1.91. The summed E-state index contributed by atoms with van der Waals surface area (Å²) in [4.78, 5) is 14.0. The number of rotatable bonds is 2. The molecule has 3 nitrogen and oxygen atoms in total. The Bertz CT molecular complexity index is 549. The van der Waals surface area contributed by atoms with Crippen LogP contribution in [0.15, 0.2) is 18.2 Å². The highest BCUT2D eigenvalue weighted by Gasteiger charge is 2.40. The van der Waals surface area contributed by atoms with E-state index in [1.165, 1.54) is 18.6 Å². The molecule has 0 bridgehead atoms. The predicted octanol–water partition coefficient (Wildman–Crippen LogP) is 2.97. The van der Waals surface area contributed by atoms with E-state index in [0.717, 1.165) is 25.3 Å². The normalized spacial score (nSPS) is 30.0. The quantitative estimate of drug-likeness (QED) is 0.909. The fraction of sp³-hybridized carbons (Fsp3) is 0.562. The average molecular weight is 294 g/mol. The minimum atomic E-state index is -0.601. The third-order valence-electron chi connectivity index (χ3n) is 4.69. The van der Waals surface area contributed by atoms with Crippen LogP contribution in [0.2, 0.25) is 0 Å². The topological polar surface area (TPSA) is 32.3 Å². The van der Waals surface area contributed by atoms with Crippen molar-refractivity contribution < 1.29 is 13.6 Å². The van der Waals surface area contributed by atoms with E-state index in [1.807, 2.05) is 0 Å². The van der Waals surface area contributed by atoms with Crippen molar-refractivity contribution in [1.29, 1.82) is 0 Å². The number of hydrogen-bond donors (Lipinski definition) is 1. The zero-order chi connectivity index (χ0) is 15.0. The number of nitrogens with one attached hydrogen (secondary N) is 1. The highest BCUT2D eigenvalue weighted by molar-refractivity contribution is 5.81. The number of amides is 1. The van der Waals surface area contributed by atoms with E-state index in [1.54, 1.807) is 4.90 Å². The fourth-order valence-corrected chi connectivity index (χ4v) is 3.59. The summed E-state index contributed by atoms with van der Waals surface area (Å²) in [6.07, 6.45) is 3.84. The van der Waals surface area contributed by atoms with Crippen LogP contribution in [0.25, 0.3) is 0 Å². The molecule has 114 valence electrons. The van der Waals surface area contributed by atoms with Gasteiger partial charge in [-0.25, -0.2) is 8.78 Å². The Morgan fingerprint density at radius 2 is 2.00 bits per heavy atom. The molecule has 1 saturated heterocycles. The molecule has 0 spiro atoms. The summed E-state index contributed by atoms with van der Waals surface area (Å²) < 4.78 is 27.1. The smallest absolute Gasteiger partial charge is 0.238 e. The zero-order valence-electron chi connectivity index (χ0n) is 12.1. The van der Waals surface area contributed by atoms with Crippen molar-refractivity contribution in [2.24, 2.45) is 5.92 Å². The van der Waals surface area contributed by atoms with Gasteiger partial charge in [-0.3, -0.25) is 10.1 Å². The van der Waals surface area contributed by atoms with Crippen LogP contribution in [-0.4, -0.2) is 23.4 Å².